The molecule has 0 saturated carbocycles. The van der Waals surface area contributed by atoms with E-state index in [1.54, 1.807) is 6.07 Å². The van der Waals surface area contributed by atoms with Crippen LogP contribution in [0.25, 0.3) is 0 Å². The first-order chi connectivity index (χ1) is 7.17. The Morgan fingerprint density at radius 3 is 2.93 bits per heavy atom. The molecule has 1 amide bonds. The molecule has 3 nitrogen and oxygen atoms in total. The second-order valence-electron chi connectivity index (χ2n) is 3.26. The van der Waals surface area contributed by atoms with E-state index in [0.29, 0.717) is 11.3 Å². The minimum absolute atomic E-state index is 0.0490. The summed E-state index contributed by atoms with van der Waals surface area (Å²) in [6.45, 7) is 2.08. The monoisotopic (exact) mass is 245 g/mol. The Bertz CT molecular complexity index is 325. The molecule has 0 aliphatic heterocycles. The molecular formula is C10H15NO2S2. The van der Waals surface area contributed by atoms with Gasteiger partial charge in [-0.2, -0.15) is 0 Å². The summed E-state index contributed by atoms with van der Waals surface area (Å²) in [6.07, 6.45) is 1.42. The van der Waals surface area contributed by atoms with Gasteiger partial charge in [0.1, 0.15) is 0 Å². The van der Waals surface area contributed by atoms with Crippen molar-refractivity contribution in [2.45, 2.75) is 30.7 Å². The van der Waals surface area contributed by atoms with Gasteiger partial charge in [-0.3, -0.25) is 4.79 Å². The highest BCUT2D eigenvalue weighted by molar-refractivity contribution is 7.80. The molecule has 0 saturated heterocycles. The smallest absolute Gasteiger partial charge is 0.261 e. The highest BCUT2D eigenvalue weighted by Crippen LogP contribution is 2.17. The summed E-state index contributed by atoms with van der Waals surface area (Å²) in [5.41, 5.74) is 0. The van der Waals surface area contributed by atoms with E-state index >= 15 is 0 Å². The van der Waals surface area contributed by atoms with Crippen molar-refractivity contribution in [2.75, 3.05) is 6.61 Å². The molecule has 1 aromatic heterocycles. The number of thiol groups is 1. The molecule has 15 heavy (non-hydrogen) atoms. The first-order valence-corrected chi connectivity index (χ1v) is 6.19. The highest BCUT2D eigenvalue weighted by Gasteiger charge is 2.12. The Morgan fingerprint density at radius 1 is 1.73 bits per heavy atom. The van der Waals surface area contributed by atoms with Crippen LogP contribution in [0.3, 0.4) is 0 Å². The molecular weight excluding hydrogens is 230 g/mol. The summed E-state index contributed by atoms with van der Waals surface area (Å²) >= 11 is 5.52. The number of thiophene rings is 1. The number of aliphatic hydroxyl groups is 1. The third kappa shape index (κ3) is 3.85. The van der Waals surface area contributed by atoms with Crippen LogP contribution in [0.15, 0.2) is 16.3 Å². The van der Waals surface area contributed by atoms with Crippen LogP contribution in [0.1, 0.15) is 29.4 Å². The van der Waals surface area contributed by atoms with Crippen molar-refractivity contribution >= 4 is 29.9 Å². The molecule has 0 aromatic carbocycles. The zero-order valence-electron chi connectivity index (χ0n) is 8.56. The highest BCUT2D eigenvalue weighted by atomic mass is 32.1. The van der Waals surface area contributed by atoms with Crippen LogP contribution < -0.4 is 5.32 Å². The normalized spacial score (nSPS) is 12.5. The Labute approximate surface area is 98.9 Å². The Morgan fingerprint density at radius 2 is 2.47 bits per heavy atom. The lowest BCUT2D eigenvalue weighted by Gasteiger charge is -2.14. The van der Waals surface area contributed by atoms with Crippen molar-refractivity contribution in [2.24, 2.45) is 0 Å². The van der Waals surface area contributed by atoms with Crippen LogP contribution in [0, 0.1) is 0 Å². The van der Waals surface area contributed by atoms with Crippen molar-refractivity contribution < 1.29 is 9.90 Å². The maximum Gasteiger partial charge on any atom is 0.261 e. The number of hydrogen-bond acceptors (Lipinski definition) is 4. The molecule has 0 aliphatic rings. The predicted molar refractivity (Wildman–Crippen MR) is 64.8 cm³/mol. The van der Waals surface area contributed by atoms with Crippen molar-refractivity contribution in [1.29, 1.82) is 0 Å². The molecule has 0 spiro atoms. The molecule has 0 fully saturated rings. The molecule has 0 aliphatic carbocycles. The third-order valence-corrected chi connectivity index (χ3v) is 3.48. The van der Waals surface area contributed by atoms with Gasteiger partial charge in [-0.1, -0.05) is 6.92 Å². The van der Waals surface area contributed by atoms with E-state index in [2.05, 4.69) is 17.9 Å². The standard InChI is InChI=1S/C10H15NO2S2/c1-2-7(3-4-12)11-10(13)9-5-8(14)6-15-9/h5-7,12,14H,2-4H2,1H3,(H,11,13). The van der Waals surface area contributed by atoms with Gasteiger partial charge in [-0.05, 0) is 18.9 Å². The quantitative estimate of drug-likeness (QED) is 0.694. The lowest BCUT2D eigenvalue weighted by Crippen LogP contribution is -2.34. The second kappa shape index (κ2) is 6.15. The zero-order chi connectivity index (χ0) is 11.3. The van der Waals surface area contributed by atoms with Crippen molar-refractivity contribution in [1.82, 2.24) is 5.32 Å². The minimum Gasteiger partial charge on any atom is -0.396 e. The van der Waals surface area contributed by atoms with E-state index in [1.807, 2.05) is 12.3 Å². The largest absolute Gasteiger partial charge is 0.396 e. The van der Waals surface area contributed by atoms with Gasteiger partial charge in [-0.25, -0.2) is 0 Å². The average Bonchev–Trinajstić information content (AvgIpc) is 2.64. The van der Waals surface area contributed by atoms with Crippen LogP contribution >= 0.6 is 24.0 Å². The van der Waals surface area contributed by atoms with Crippen molar-refractivity contribution in [3.63, 3.8) is 0 Å². The van der Waals surface area contributed by atoms with E-state index in [-0.39, 0.29) is 18.6 Å². The van der Waals surface area contributed by atoms with Crippen molar-refractivity contribution in [3.8, 4) is 0 Å². The molecule has 1 heterocycles. The molecule has 5 heteroatoms. The van der Waals surface area contributed by atoms with Crippen LogP contribution in [0.5, 0.6) is 0 Å². The third-order valence-electron chi connectivity index (χ3n) is 2.11. The SMILES string of the molecule is CCC(CCO)NC(=O)c1cc(S)cs1. The second-order valence-corrected chi connectivity index (χ2v) is 4.69. The molecule has 1 rings (SSSR count). The molecule has 84 valence electrons. The molecule has 0 radical (unpaired) electrons. The van der Waals surface area contributed by atoms with E-state index in [0.717, 1.165) is 11.3 Å². The van der Waals surface area contributed by atoms with Gasteiger partial charge < -0.3 is 10.4 Å². The summed E-state index contributed by atoms with van der Waals surface area (Å²) < 4.78 is 0. The summed E-state index contributed by atoms with van der Waals surface area (Å²) in [6, 6.07) is 1.79. The maximum atomic E-state index is 11.7. The zero-order valence-corrected chi connectivity index (χ0v) is 10.3. The molecule has 2 N–H and O–H groups in total. The molecule has 0 bridgehead atoms. The van der Waals surface area contributed by atoms with Crippen LogP contribution in [0.2, 0.25) is 0 Å². The fourth-order valence-corrected chi connectivity index (χ4v) is 2.29. The lowest BCUT2D eigenvalue weighted by molar-refractivity contribution is 0.0933. The summed E-state index contributed by atoms with van der Waals surface area (Å²) in [4.78, 5) is 13.2. The molecule has 1 atom stereocenters. The lowest BCUT2D eigenvalue weighted by atomic mass is 10.1. The summed E-state index contributed by atoms with van der Waals surface area (Å²) in [5.74, 6) is -0.0828. The van der Waals surface area contributed by atoms with E-state index < -0.39 is 0 Å². The number of rotatable bonds is 5. The predicted octanol–water partition coefficient (Wildman–Crippen LogP) is 1.93. The number of carbonyl (C=O) groups is 1. The van der Waals surface area contributed by atoms with Crippen molar-refractivity contribution in [3.05, 3.63) is 16.3 Å². The number of aliphatic hydroxyl groups excluding tert-OH is 1. The maximum absolute atomic E-state index is 11.7. The van der Waals surface area contributed by atoms with Gasteiger partial charge in [0, 0.05) is 22.9 Å². The Kier molecular flexibility index (Phi) is 5.14. The molecule has 1 aromatic rings. The van der Waals surface area contributed by atoms with Crippen LogP contribution in [-0.4, -0.2) is 23.7 Å². The van der Waals surface area contributed by atoms with Gasteiger partial charge in [0.2, 0.25) is 0 Å². The summed E-state index contributed by atoms with van der Waals surface area (Å²) in [5, 5.41) is 13.5. The van der Waals surface area contributed by atoms with Gasteiger partial charge in [-0.15, -0.1) is 24.0 Å². The van der Waals surface area contributed by atoms with E-state index in [4.69, 9.17) is 5.11 Å². The number of nitrogens with one attached hydrogen (secondary N) is 1. The summed E-state index contributed by atoms with van der Waals surface area (Å²) in [7, 11) is 0. The number of amides is 1. The Balaban J connectivity index is 2.54. The topological polar surface area (TPSA) is 49.3 Å². The van der Waals surface area contributed by atoms with Crippen LogP contribution in [0.4, 0.5) is 0 Å². The number of carbonyl (C=O) groups excluding carboxylic acids is 1. The fourth-order valence-electron chi connectivity index (χ4n) is 1.24. The fraction of sp³-hybridized carbons (Fsp3) is 0.500. The molecule has 1 unspecified atom stereocenters. The Hall–Kier alpha value is -0.520. The van der Waals surface area contributed by atoms with Gasteiger partial charge in [0.05, 0.1) is 4.88 Å². The van der Waals surface area contributed by atoms with E-state index in [1.165, 1.54) is 11.3 Å². The first kappa shape index (κ1) is 12.5. The average molecular weight is 245 g/mol. The van der Waals surface area contributed by atoms with Crippen LogP contribution in [-0.2, 0) is 0 Å². The van der Waals surface area contributed by atoms with Gasteiger partial charge in [0.15, 0.2) is 0 Å². The minimum atomic E-state index is -0.0828. The van der Waals surface area contributed by atoms with E-state index in [9.17, 15) is 4.79 Å². The first-order valence-electron chi connectivity index (χ1n) is 4.86. The number of hydrogen-bond donors (Lipinski definition) is 3. The van der Waals surface area contributed by atoms with Gasteiger partial charge >= 0.3 is 0 Å². The van der Waals surface area contributed by atoms with Gasteiger partial charge in [0.25, 0.3) is 5.91 Å².